The molecule has 1 N–H and O–H groups in total. The third-order valence-electron chi connectivity index (χ3n) is 2.75. The molecule has 1 aromatic heterocycles. The Labute approximate surface area is 113 Å². The second-order valence-electron chi connectivity index (χ2n) is 4.55. The summed E-state index contributed by atoms with van der Waals surface area (Å²) in [4.78, 5) is 3.10. The number of imidazole rings is 1. The van der Waals surface area contributed by atoms with Crippen LogP contribution in [0.15, 0.2) is 16.6 Å². The van der Waals surface area contributed by atoms with Crippen LogP contribution >= 0.6 is 28.1 Å². The summed E-state index contributed by atoms with van der Waals surface area (Å²) in [5.74, 6) is 0.340. The fourth-order valence-electron chi connectivity index (χ4n) is 1.76. The Morgan fingerprint density at radius 2 is 2.18 bits per heavy atom. The highest BCUT2D eigenvalue weighted by atomic mass is 79.9. The van der Waals surface area contributed by atoms with Crippen molar-refractivity contribution in [1.82, 2.24) is 9.55 Å². The molecule has 17 heavy (non-hydrogen) atoms. The largest absolute Gasteiger partial charge is 0.331 e. The van der Waals surface area contributed by atoms with E-state index in [2.05, 4.69) is 34.8 Å². The van der Waals surface area contributed by atoms with Gasteiger partial charge in [0.15, 0.2) is 4.77 Å². The number of nitrogens with zero attached hydrogens (tertiary/aromatic N) is 1. The van der Waals surface area contributed by atoms with Gasteiger partial charge in [-0.15, -0.1) is 0 Å². The van der Waals surface area contributed by atoms with Gasteiger partial charge in [0.25, 0.3) is 0 Å². The number of halogens is 2. The Hall–Kier alpha value is -0.680. The van der Waals surface area contributed by atoms with Crippen LogP contribution in [-0.2, 0) is 6.54 Å². The highest BCUT2D eigenvalue weighted by Gasteiger charge is 2.09. The number of aromatic nitrogens is 2. The lowest BCUT2D eigenvalue weighted by molar-refractivity contribution is 0.519. The first-order valence-electron chi connectivity index (χ1n) is 5.56. The summed E-state index contributed by atoms with van der Waals surface area (Å²) in [5.41, 5.74) is 1.70. The SMILES string of the molecule is CC(C)CCn1c(=S)[nH]c2cc(Br)c(F)cc21. The predicted molar refractivity (Wildman–Crippen MR) is 74.2 cm³/mol. The summed E-state index contributed by atoms with van der Waals surface area (Å²) < 4.78 is 16.6. The van der Waals surface area contributed by atoms with E-state index in [4.69, 9.17) is 12.2 Å². The maximum absolute atomic E-state index is 13.5. The lowest BCUT2D eigenvalue weighted by atomic mass is 10.1. The molecule has 2 rings (SSSR count). The lowest BCUT2D eigenvalue weighted by Crippen LogP contribution is -2.01. The minimum atomic E-state index is -0.259. The third-order valence-corrected chi connectivity index (χ3v) is 3.68. The minimum absolute atomic E-state index is 0.259. The summed E-state index contributed by atoms with van der Waals surface area (Å²) >= 11 is 8.44. The maximum atomic E-state index is 13.5. The Kier molecular flexibility index (Phi) is 3.68. The normalized spacial score (nSPS) is 11.6. The van der Waals surface area contributed by atoms with E-state index in [1.165, 1.54) is 6.07 Å². The number of benzene rings is 1. The first-order valence-corrected chi connectivity index (χ1v) is 6.76. The molecular formula is C12H14BrFN2S. The fraction of sp³-hybridized carbons (Fsp3) is 0.417. The van der Waals surface area contributed by atoms with E-state index < -0.39 is 0 Å². The minimum Gasteiger partial charge on any atom is -0.331 e. The molecule has 1 heterocycles. The first kappa shape index (κ1) is 12.8. The molecule has 5 heteroatoms. The molecule has 1 aromatic carbocycles. The van der Waals surface area contributed by atoms with E-state index in [0.29, 0.717) is 15.2 Å². The van der Waals surface area contributed by atoms with Crippen molar-refractivity contribution in [3.63, 3.8) is 0 Å². The smallest absolute Gasteiger partial charge is 0.178 e. The molecule has 0 aliphatic rings. The van der Waals surface area contributed by atoms with Crippen molar-refractivity contribution in [3.8, 4) is 0 Å². The molecular weight excluding hydrogens is 303 g/mol. The van der Waals surface area contributed by atoms with Crippen LogP contribution in [0.4, 0.5) is 4.39 Å². The maximum Gasteiger partial charge on any atom is 0.178 e. The zero-order valence-electron chi connectivity index (χ0n) is 9.76. The van der Waals surface area contributed by atoms with Crippen LogP contribution in [-0.4, -0.2) is 9.55 Å². The van der Waals surface area contributed by atoms with Crippen molar-refractivity contribution >= 4 is 39.2 Å². The molecule has 2 nitrogen and oxygen atoms in total. The average molecular weight is 317 g/mol. The monoisotopic (exact) mass is 316 g/mol. The second kappa shape index (κ2) is 4.90. The van der Waals surface area contributed by atoms with Gasteiger partial charge in [0.05, 0.1) is 15.5 Å². The van der Waals surface area contributed by atoms with Crippen molar-refractivity contribution < 1.29 is 4.39 Å². The molecule has 0 fully saturated rings. The van der Waals surface area contributed by atoms with Crippen LogP contribution in [0.25, 0.3) is 11.0 Å². The van der Waals surface area contributed by atoms with Crippen molar-refractivity contribution in [1.29, 1.82) is 0 Å². The molecule has 0 spiro atoms. The first-order chi connectivity index (χ1) is 7.99. The van der Waals surface area contributed by atoms with E-state index in [1.54, 1.807) is 6.07 Å². The molecule has 0 radical (unpaired) electrons. The van der Waals surface area contributed by atoms with Crippen molar-refractivity contribution in [2.24, 2.45) is 5.92 Å². The van der Waals surface area contributed by atoms with E-state index in [0.717, 1.165) is 24.0 Å². The lowest BCUT2D eigenvalue weighted by Gasteiger charge is -2.07. The second-order valence-corrected chi connectivity index (χ2v) is 5.79. The van der Waals surface area contributed by atoms with Gasteiger partial charge in [-0.05, 0) is 46.6 Å². The Morgan fingerprint density at radius 3 is 2.82 bits per heavy atom. The molecule has 2 aromatic rings. The quantitative estimate of drug-likeness (QED) is 0.818. The van der Waals surface area contributed by atoms with Gasteiger partial charge >= 0.3 is 0 Å². The number of aryl methyl sites for hydroxylation is 1. The summed E-state index contributed by atoms with van der Waals surface area (Å²) in [5, 5.41) is 0. The molecule has 0 aliphatic carbocycles. The number of hydrogen-bond acceptors (Lipinski definition) is 1. The molecule has 0 bridgehead atoms. The molecule has 0 amide bonds. The van der Waals surface area contributed by atoms with Gasteiger partial charge in [-0.3, -0.25) is 0 Å². The summed E-state index contributed by atoms with van der Waals surface area (Å²) in [7, 11) is 0. The number of rotatable bonds is 3. The van der Waals surface area contributed by atoms with Gasteiger partial charge in [-0.25, -0.2) is 4.39 Å². The van der Waals surface area contributed by atoms with Crippen molar-refractivity contribution in [2.75, 3.05) is 0 Å². The van der Waals surface area contributed by atoms with Crippen LogP contribution in [0.1, 0.15) is 20.3 Å². The van der Waals surface area contributed by atoms with Gasteiger partial charge < -0.3 is 9.55 Å². The van der Waals surface area contributed by atoms with Gasteiger partial charge in [-0.2, -0.15) is 0 Å². The third kappa shape index (κ3) is 2.60. The summed E-state index contributed by atoms with van der Waals surface area (Å²) in [6, 6.07) is 3.25. The molecule has 92 valence electrons. The highest BCUT2D eigenvalue weighted by molar-refractivity contribution is 9.10. The van der Waals surface area contributed by atoms with E-state index >= 15 is 0 Å². The number of aromatic amines is 1. The van der Waals surface area contributed by atoms with Crippen LogP contribution < -0.4 is 0 Å². The molecule has 0 saturated heterocycles. The summed E-state index contributed by atoms with van der Waals surface area (Å²) in [6.45, 7) is 5.14. The Bertz CT molecular complexity index is 600. The molecule has 0 atom stereocenters. The highest BCUT2D eigenvalue weighted by Crippen LogP contribution is 2.23. The molecule has 0 saturated carbocycles. The van der Waals surface area contributed by atoms with Gasteiger partial charge in [0.1, 0.15) is 5.82 Å². The standard InChI is InChI=1S/C12H14BrFN2S/c1-7(2)3-4-16-11-6-9(14)8(13)5-10(11)15-12(16)17/h5-7H,3-4H2,1-2H3,(H,15,17). The van der Waals surface area contributed by atoms with Gasteiger partial charge in [0.2, 0.25) is 0 Å². The van der Waals surface area contributed by atoms with E-state index in [9.17, 15) is 4.39 Å². The van der Waals surface area contributed by atoms with Crippen molar-refractivity contribution in [3.05, 3.63) is 27.2 Å². The Balaban J connectivity index is 2.51. The Morgan fingerprint density at radius 1 is 1.47 bits per heavy atom. The zero-order valence-corrected chi connectivity index (χ0v) is 12.2. The van der Waals surface area contributed by atoms with Crippen LogP contribution in [0.3, 0.4) is 0 Å². The van der Waals surface area contributed by atoms with Crippen LogP contribution in [0.2, 0.25) is 0 Å². The molecule has 0 unspecified atom stereocenters. The topological polar surface area (TPSA) is 20.7 Å². The fourth-order valence-corrected chi connectivity index (χ4v) is 2.40. The van der Waals surface area contributed by atoms with Gasteiger partial charge in [-0.1, -0.05) is 13.8 Å². The number of nitrogens with one attached hydrogen (secondary N) is 1. The average Bonchev–Trinajstić information content (AvgIpc) is 2.52. The number of H-pyrrole nitrogens is 1. The zero-order chi connectivity index (χ0) is 12.6. The van der Waals surface area contributed by atoms with Crippen LogP contribution in [0.5, 0.6) is 0 Å². The van der Waals surface area contributed by atoms with Gasteiger partial charge in [0, 0.05) is 12.6 Å². The van der Waals surface area contributed by atoms with E-state index in [1.807, 2.05) is 4.57 Å². The number of hydrogen-bond donors (Lipinski definition) is 1. The van der Waals surface area contributed by atoms with E-state index in [-0.39, 0.29) is 5.82 Å². The van der Waals surface area contributed by atoms with Crippen LogP contribution in [0, 0.1) is 16.5 Å². The summed E-state index contributed by atoms with van der Waals surface area (Å²) in [6.07, 6.45) is 1.03. The molecule has 0 aliphatic heterocycles. The predicted octanol–water partition coefficient (Wildman–Crippen LogP) is 4.65. The number of fused-ring (bicyclic) bond motifs is 1. The van der Waals surface area contributed by atoms with Crippen molar-refractivity contribution in [2.45, 2.75) is 26.8 Å².